The molecular weight excluding hydrogens is 631 g/mol. The van der Waals surface area contributed by atoms with E-state index in [2.05, 4.69) is 174 Å². The Kier molecular flexibility index (Phi) is 5.53. The molecule has 0 fully saturated rings. The number of hydrogen-bond donors (Lipinski definition) is 0. The van der Waals surface area contributed by atoms with Crippen molar-refractivity contribution in [1.29, 1.82) is 0 Å². The van der Waals surface area contributed by atoms with Gasteiger partial charge < -0.3 is 8.98 Å². The van der Waals surface area contributed by atoms with Gasteiger partial charge in [-0.1, -0.05) is 140 Å². The standard InChI is InChI=1S/C50H29NO/c1-4-16-34-31(13-1)32-14-2-5-17-35(32)40-23-12-24-41-44-29-30(51-45-25-9-7-19-42(45)50-49(51)43-20-8-10-26-46(43)52-50)27-28-37(44)33-15-3-6-18-36(33)39-22-11-21-38(34)47(39)48(40)41/h1-29H. The molecule has 10 aromatic rings. The van der Waals surface area contributed by atoms with E-state index < -0.39 is 0 Å². The fourth-order valence-electron chi connectivity index (χ4n) is 9.21. The molecule has 2 nitrogen and oxygen atoms in total. The molecule has 0 atom stereocenters. The first-order valence-electron chi connectivity index (χ1n) is 17.9. The summed E-state index contributed by atoms with van der Waals surface area (Å²) in [5, 5.41) is 17.2. The Bertz CT molecular complexity index is 3460. The lowest BCUT2D eigenvalue weighted by Gasteiger charge is -2.20. The second-order valence-corrected chi connectivity index (χ2v) is 14.0. The molecule has 0 saturated heterocycles. The normalized spacial score (nSPS) is 12.2. The molecule has 8 aromatic carbocycles. The number of nitrogens with zero attached hydrogens (tertiary/aromatic N) is 1. The Morgan fingerprint density at radius 1 is 0.308 bits per heavy atom. The Morgan fingerprint density at radius 3 is 1.27 bits per heavy atom. The number of para-hydroxylation sites is 2. The summed E-state index contributed by atoms with van der Waals surface area (Å²) < 4.78 is 8.96. The first kappa shape index (κ1) is 27.9. The van der Waals surface area contributed by atoms with E-state index in [4.69, 9.17) is 4.42 Å². The van der Waals surface area contributed by atoms with Crippen LogP contribution in [0.3, 0.4) is 0 Å². The molecule has 12 rings (SSSR count). The number of aromatic nitrogens is 1. The van der Waals surface area contributed by atoms with Crippen LogP contribution in [0.25, 0.3) is 114 Å². The quantitative estimate of drug-likeness (QED) is 0.171. The van der Waals surface area contributed by atoms with Crippen molar-refractivity contribution in [3.8, 4) is 16.8 Å². The fraction of sp³-hybridized carbons (Fsp3) is 0. The van der Waals surface area contributed by atoms with Gasteiger partial charge in [-0.25, -0.2) is 0 Å². The summed E-state index contributed by atoms with van der Waals surface area (Å²) in [6.07, 6.45) is 0. The van der Waals surface area contributed by atoms with Gasteiger partial charge in [-0.2, -0.15) is 0 Å². The van der Waals surface area contributed by atoms with Crippen LogP contribution >= 0.6 is 0 Å². The van der Waals surface area contributed by atoms with Crippen LogP contribution in [0.2, 0.25) is 0 Å². The second-order valence-electron chi connectivity index (χ2n) is 14.0. The highest BCUT2D eigenvalue weighted by Crippen LogP contribution is 2.48. The Morgan fingerprint density at radius 2 is 0.712 bits per heavy atom. The van der Waals surface area contributed by atoms with Gasteiger partial charge in [0.25, 0.3) is 0 Å². The molecule has 0 aliphatic heterocycles. The van der Waals surface area contributed by atoms with Crippen LogP contribution in [0.5, 0.6) is 0 Å². The van der Waals surface area contributed by atoms with E-state index in [0.717, 1.165) is 38.7 Å². The largest absolute Gasteiger partial charge is 0.454 e. The molecule has 0 unspecified atom stereocenters. The van der Waals surface area contributed by atoms with E-state index in [1.54, 1.807) is 0 Å². The molecule has 52 heavy (non-hydrogen) atoms. The van der Waals surface area contributed by atoms with Crippen molar-refractivity contribution in [2.75, 3.05) is 0 Å². The van der Waals surface area contributed by atoms with E-state index in [1.165, 1.54) is 75.8 Å². The highest BCUT2D eigenvalue weighted by atomic mass is 16.3. The average Bonchev–Trinajstić information content (AvgIpc) is 3.74. The molecule has 2 heteroatoms. The van der Waals surface area contributed by atoms with Gasteiger partial charge in [-0.05, 0) is 112 Å². The molecule has 0 amide bonds. The molecule has 0 N–H and O–H groups in total. The molecule has 240 valence electrons. The molecule has 0 bridgehead atoms. The SMILES string of the molecule is c1ccc2c(c1)oc1c3ccccc3n(-c3ccc4c(c3)c3cccc5c3-c3c(cccc3c3ccccc34)c3ccccc3c3ccccc53)c21. The molecule has 2 heterocycles. The van der Waals surface area contributed by atoms with Crippen molar-refractivity contribution in [3.63, 3.8) is 0 Å². The number of benzene rings is 8. The Labute approximate surface area is 298 Å². The lowest BCUT2D eigenvalue weighted by Crippen LogP contribution is -1.95. The summed E-state index contributed by atoms with van der Waals surface area (Å²) in [5.74, 6) is 0. The Balaban J connectivity index is 1.37. The zero-order valence-corrected chi connectivity index (χ0v) is 28.1. The molecule has 0 saturated carbocycles. The summed E-state index contributed by atoms with van der Waals surface area (Å²) in [5.41, 5.74) is 7.73. The summed E-state index contributed by atoms with van der Waals surface area (Å²) in [6.45, 7) is 0. The molecule has 2 aliphatic rings. The predicted molar refractivity (Wildman–Crippen MR) is 221 cm³/mol. The number of fused-ring (bicyclic) bond motifs is 15. The van der Waals surface area contributed by atoms with Gasteiger partial charge in [-0.15, -0.1) is 0 Å². The monoisotopic (exact) mass is 659 g/mol. The molecule has 0 spiro atoms. The first-order chi connectivity index (χ1) is 25.8. The zero-order valence-electron chi connectivity index (χ0n) is 28.1. The number of hydrogen-bond acceptors (Lipinski definition) is 1. The van der Waals surface area contributed by atoms with E-state index in [0.29, 0.717) is 0 Å². The molecular formula is C50H29NO. The zero-order chi connectivity index (χ0) is 33.9. The molecule has 2 aliphatic carbocycles. The fourth-order valence-corrected chi connectivity index (χ4v) is 9.21. The van der Waals surface area contributed by atoms with Gasteiger partial charge in [0.15, 0.2) is 5.58 Å². The van der Waals surface area contributed by atoms with Crippen LogP contribution < -0.4 is 0 Å². The highest BCUT2D eigenvalue weighted by molar-refractivity contribution is 6.32. The number of rotatable bonds is 1. The molecule has 2 aromatic heterocycles. The van der Waals surface area contributed by atoms with Gasteiger partial charge in [0.1, 0.15) is 11.1 Å². The van der Waals surface area contributed by atoms with E-state index in [-0.39, 0.29) is 0 Å². The van der Waals surface area contributed by atoms with E-state index in [1.807, 2.05) is 6.07 Å². The Hall–Kier alpha value is -6.90. The summed E-state index contributed by atoms with van der Waals surface area (Å²) >= 11 is 0. The lowest BCUT2D eigenvalue weighted by molar-refractivity contribution is 0.673. The summed E-state index contributed by atoms with van der Waals surface area (Å²) in [7, 11) is 0. The van der Waals surface area contributed by atoms with Gasteiger partial charge in [-0.3, -0.25) is 0 Å². The van der Waals surface area contributed by atoms with Crippen molar-refractivity contribution in [1.82, 2.24) is 4.57 Å². The van der Waals surface area contributed by atoms with Crippen LogP contribution in [-0.4, -0.2) is 4.57 Å². The topological polar surface area (TPSA) is 18.1 Å². The third-order valence-electron chi connectivity index (χ3n) is 11.3. The van der Waals surface area contributed by atoms with Crippen LogP contribution in [0.1, 0.15) is 0 Å². The van der Waals surface area contributed by atoms with Gasteiger partial charge in [0.2, 0.25) is 0 Å². The van der Waals surface area contributed by atoms with Crippen LogP contribution in [0, 0.1) is 0 Å². The number of furan rings is 1. The third kappa shape index (κ3) is 3.63. The van der Waals surface area contributed by atoms with Crippen molar-refractivity contribution in [3.05, 3.63) is 176 Å². The highest BCUT2D eigenvalue weighted by Gasteiger charge is 2.22. The van der Waals surface area contributed by atoms with Crippen molar-refractivity contribution in [2.45, 2.75) is 0 Å². The molecule has 0 radical (unpaired) electrons. The van der Waals surface area contributed by atoms with E-state index in [9.17, 15) is 0 Å². The maximum Gasteiger partial charge on any atom is 0.161 e. The van der Waals surface area contributed by atoms with Crippen molar-refractivity contribution >= 4 is 97.6 Å². The van der Waals surface area contributed by atoms with Gasteiger partial charge in [0, 0.05) is 16.5 Å². The lowest BCUT2D eigenvalue weighted by atomic mass is 9.84. The maximum absolute atomic E-state index is 6.56. The van der Waals surface area contributed by atoms with Crippen molar-refractivity contribution < 1.29 is 4.42 Å². The van der Waals surface area contributed by atoms with Crippen LogP contribution in [-0.2, 0) is 0 Å². The minimum atomic E-state index is 0.903. The van der Waals surface area contributed by atoms with Crippen LogP contribution in [0.15, 0.2) is 180 Å². The minimum Gasteiger partial charge on any atom is -0.454 e. The first-order valence-corrected chi connectivity index (χ1v) is 17.9. The minimum absolute atomic E-state index is 0.903. The summed E-state index contributed by atoms with van der Waals surface area (Å²) in [4.78, 5) is 0. The summed E-state index contributed by atoms with van der Waals surface area (Å²) in [6, 6.07) is 64.6. The smallest absolute Gasteiger partial charge is 0.161 e. The second kappa shape index (κ2) is 10.3. The van der Waals surface area contributed by atoms with Gasteiger partial charge >= 0.3 is 0 Å². The van der Waals surface area contributed by atoms with Crippen molar-refractivity contribution in [2.24, 2.45) is 0 Å². The maximum atomic E-state index is 6.56. The predicted octanol–water partition coefficient (Wildman–Crippen LogP) is 14.1. The van der Waals surface area contributed by atoms with Crippen LogP contribution in [0.4, 0.5) is 0 Å². The van der Waals surface area contributed by atoms with Gasteiger partial charge in [0.05, 0.1) is 5.52 Å². The third-order valence-corrected chi connectivity index (χ3v) is 11.3. The average molecular weight is 660 g/mol. The van der Waals surface area contributed by atoms with E-state index >= 15 is 0 Å².